The van der Waals surface area contributed by atoms with Crippen molar-refractivity contribution in [3.63, 3.8) is 0 Å². The van der Waals surface area contributed by atoms with E-state index in [1.54, 1.807) is 12.1 Å². The van der Waals surface area contributed by atoms with Gasteiger partial charge in [0, 0.05) is 10.6 Å². The molecule has 0 bridgehead atoms. The average molecular weight is 296 g/mol. The number of oxime groups is 1. The first kappa shape index (κ1) is 12.6. The third-order valence-electron chi connectivity index (χ3n) is 4.71. The highest BCUT2D eigenvalue weighted by Gasteiger charge is 2.70. The molecule has 0 amide bonds. The molecule has 1 saturated carbocycles. The molecule has 20 heavy (non-hydrogen) atoms. The first-order valence-corrected chi connectivity index (χ1v) is 7.41. The van der Waals surface area contributed by atoms with Crippen LogP contribution < -0.4 is 0 Å². The summed E-state index contributed by atoms with van der Waals surface area (Å²) in [6.45, 7) is 0.563. The van der Waals surface area contributed by atoms with Gasteiger partial charge >= 0.3 is 0 Å². The van der Waals surface area contributed by atoms with Crippen LogP contribution in [0.2, 0.25) is 5.02 Å². The Balaban J connectivity index is 1.74. The quantitative estimate of drug-likeness (QED) is 0.741. The maximum Gasteiger partial charge on any atom is 0.179 e. The number of ether oxygens (including phenoxy) is 1. The lowest BCUT2D eigenvalue weighted by molar-refractivity contribution is -0.0788. The van der Waals surface area contributed by atoms with E-state index < -0.39 is 5.60 Å². The molecule has 2 aliphatic heterocycles. The fourth-order valence-electron chi connectivity index (χ4n) is 3.53. The number of epoxide rings is 1. The van der Waals surface area contributed by atoms with Crippen LogP contribution in [0.4, 0.5) is 4.39 Å². The zero-order valence-electron chi connectivity index (χ0n) is 11.0. The Morgan fingerprint density at radius 2 is 1.95 bits per heavy atom. The fourth-order valence-corrected chi connectivity index (χ4v) is 3.69. The second-order valence-electron chi connectivity index (χ2n) is 5.83. The summed E-state index contributed by atoms with van der Waals surface area (Å²) in [6.07, 6.45) is 5.28. The molecule has 2 heterocycles. The van der Waals surface area contributed by atoms with Gasteiger partial charge in [-0.25, -0.2) is 4.39 Å². The molecule has 2 fully saturated rings. The Morgan fingerprint density at radius 3 is 2.60 bits per heavy atom. The van der Waals surface area contributed by atoms with Gasteiger partial charge in [0.1, 0.15) is 11.5 Å². The molecule has 0 N–H and O–H groups in total. The largest absolute Gasteiger partial charge is 0.385 e. The molecule has 1 aromatic carbocycles. The van der Waals surface area contributed by atoms with Crippen molar-refractivity contribution < 1.29 is 14.0 Å². The molecule has 3 aliphatic rings. The van der Waals surface area contributed by atoms with Crippen LogP contribution in [0.3, 0.4) is 0 Å². The highest BCUT2D eigenvalue weighted by molar-refractivity contribution is 6.30. The summed E-state index contributed by atoms with van der Waals surface area (Å²) in [6, 6.07) is 4.64. The van der Waals surface area contributed by atoms with Gasteiger partial charge < -0.3 is 9.57 Å². The number of nitrogens with zero attached hydrogens (tertiary/aromatic N) is 1. The molecule has 1 unspecified atom stereocenters. The van der Waals surface area contributed by atoms with Gasteiger partial charge in [0.2, 0.25) is 0 Å². The first-order chi connectivity index (χ1) is 9.67. The number of benzene rings is 1. The minimum absolute atomic E-state index is 0.373. The zero-order chi connectivity index (χ0) is 13.8. The molecule has 1 saturated heterocycles. The Labute approximate surface area is 121 Å². The van der Waals surface area contributed by atoms with E-state index in [1.165, 1.54) is 12.5 Å². The molecule has 1 aromatic rings. The van der Waals surface area contributed by atoms with Gasteiger partial charge in [-0.3, -0.25) is 0 Å². The summed E-state index contributed by atoms with van der Waals surface area (Å²) in [5.74, 6) is -0.373. The van der Waals surface area contributed by atoms with E-state index in [9.17, 15) is 4.39 Å². The third kappa shape index (κ3) is 1.58. The predicted molar refractivity (Wildman–Crippen MR) is 73.5 cm³/mol. The second kappa shape index (κ2) is 4.18. The summed E-state index contributed by atoms with van der Waals surface area (Å²) >= 11 is 5.81. The standard InChI is InChI=1S/C15H15ClFNO2/c16-10-4-5-11(12(17)8-10)13-15(9-19-15)14(20-18-13)6-2-1-3-7-14/h4-5,8H,1-3,6-7,9H2. The lowest BCUT2D eigenvalue weighted by Gasteiger charge is -2.34. The van der Waals surface area contributed by atoms with E-state index in [4.69, 9.17) is 21.2 Å². The van der Waals surface area contributed by atoms with Crippen molar-refractivity contribution in [3.8, 4) is 0 Å². The smallest absolute Gasteiger partial charge is 0.179 e. The Hall–Kier alpha value is -1.13. The minimum Gasteiger partial charge on any atom is -0.385 e. The van der Waals surface area contributed by atoms with Gasteiger partial charge in [-0.1, -0.05) is 23.2 Å². The van der Waals surface area contributed by atoms with Crippen molar-refractivity contribution in [2.45, 2.75) is 43.3 Å². The van der Waals surface area contributed by atoms with E-state index in [-0.39, 0.29) is 11.4 Å². The minimum atomic E-state index is -0.540. The third-order valence-corrected chi connectivity index (χ3v) is 4.95. The lowest BCUT2D eigenvalue weighted by atomic mass is 9.73. The van der Waals surface area contributed by atoms with Crippen LogP contribution in [0.15, 0.2) is 23.4 Å². The topological polar surface area (TPSA) is 34.1 Å². The van der Waals surface area contributed by atoms with Crippen molar-refractivity contribution in [1.29, 1.82) is 0 Å². The van der Waals surface area contributed by atoms with E-state index in [0.29, 0.717) is 22.9 Å². The number of rotatable bonds is 1. The maximum absolute atomic E-state index is 14.2. The average Bonchev–Trinajstić information content (AvgIpc) is 3.19. The van der Waals surface area contributed by atoms with Crippen LogP contribution >= 0.6 is 11.6 Å². The molecule has 5 heteroatoms. The van der Waals surface area contributed by atoms with Gasteiger partial charge in [0.25, 0.3) is 0 Å². The van der Waals surface area contributed by atoms with E-state index >= 15 is 0 Å². The maximum atomic E-state index is 14.2. The SMILES string of the molecule is Fc1cc(Cl)ccc1C1=NOC2(CCCCC2)C12CO2. The summed E-state index contributed by atoms with van der Waals surface area (Å²) in [4.78, 5) is 5.77. The van der Waals surface area contributed by atoms with Crippen molar-refractivity contribution >= 4 is 17.3 Å². The van der Waals surface area contributed by atoms with E-state index in [1.807, 2.05) is 0 Å². The molecule has 2 spiro atoms. The summed E-state index contributed by atoms with van der Waals surface area (Å²) in [5.41, 5.74) is 0.109. The normalized spacial score (nSPS) is 30.4. The van der Waals surface area contributed by atoms with Gasteiger partial charge in [-0.15, -0.1) is 0 Å². The molecule has 1 aliphatic carbocycles. The first-order valence-electron chi connectivity index (χ1n) is 7.03. The summed E-state index contributed by atoms with van der Waals surface area (Å²) in [5, 5.41) is 4.58. The second-order valence-corrected chi connectivity index (χ2v) is 6.26. The molecule has 4 rings (SSSR count). The predicted octanol–water partition coefficient (Wildman–Crippen LogP) is 3.69. The molecule has 106 valence electrons. The van der Waals surface area contributed by atoms with Crippen LogP contribution in [0.5, 0.6) is 0 Å². The lowest BCUT2D eigenvalue weighted by Crippen LogP contribution is -2.48. The van der Waals surface area contributed by atoms with E-state index in [2.05, 4.69) is 5.16 Å². The Bertz CT molecular complexity index is 592. The van der Waals surface area contributed by atoms with Crippen LogP contribution in [-0.4, -0.2) is 23.5 Å². The zero-order valence-corrected chi connectivity index (χ0v) is 11.8. The number of halogens is 2. The molecule has 0 aromatic heterocycles. The van der Waals surface area contributed by atoms with Crippen LogP contribution in [-0.2, 0) is 9.57 Å². The van der Waals surface area contributed by atoms with Gasteiger partial charge in [-0.2, -0.15) is 0 Å². The number of fused-ring (bicyclic) bond motifs is 1. The molecule has 3 nitrogen and oxygen atoms in total. The number of hydrogen-bond acceptors (Lipinski definition) is 3. The van der Waals surface area contributed by atoms with Crippen LogP contribution in [0.25, 0.3) is 0 Å². The monoisotopic (exact) mass is 295 g/mol. The fraction of sp³-hybridized carbons (Fsp3) is 0.533. The van der Waals surface area contributed by atoms with Crippen molar-refractivity contribution in [1.82, 2.24) is 0 Å². The molecule has 0 radical (unpaired) electrons. The Morgan fingerprint density at radius 1 is 1.20 bits per heavy atom. The van der Waals surface area contributed by atoms with Gasteiger partial charge in [0.05, 0.1) is 6.61 Å². The van der Waals surface area contributed by atoms with Crippen molar-refractivity contribution in [2.75, 3.05) is 6.61 Å². The number of hydrogen-bond donors (Lipinski definition) is 0. The Kier molecular flexibility index (Phi) is 2.63. The van der Waals surface area contributed by atoms with Crippen LogP contribution in [0.1, 0.15) is 37.7 Å². The van der Waals surface area contributed by atoms with E-state index in [0.717, 1.165) is 25.7 Å². The van der Waals surface area contributed by atoms with Gasteiger partial charge in [0.15, 0.2) is 11.2 Å². The molecular formula is C15H15ClFNO2. The summed E-state index contributed by atoms with van der Waals surface area (Å²) in [7, 11) is 0. The molecule has 1 atom stereocenters. The van der Waals surface area contributed by atoms with Crippen molar-refractivity contribution in [2.24, 2.45) is 5.16 Å². The highest BCUT2D eigenvalue weighted by Crippen LogP contribution is 2.54. The molecular weight excluding hydrogens is 281 g/mol. The van der Waals surface area contributed by atoms with Crippen molar-refractivity contribution in [3.05, 3.63) is 34.6 Å². The highest BCUT2D eigenvalue weighted by atomic mass is 35.5. The summed E-state index contributed by atoms with van der Waals surface area (Å²) < 4.78 is 19.9. The van der Waals surface area contributed by atoms with Gasteiger partial charge in [-0.05, 0) is 43.9 Å². The van der Waals surface area contributed by atoms with Crippen LogP contribution in [0, 0.1) is 5.82 Å².